The maximum absolute atomic E-state index is 5.36. The van der Waals surface area contributed by atoms with Gasteiger partial charge >= 0.3 is 0 Å². The summed E-state index contributed by atoms with van der Waals surface area (Å²) in [6.07, 6.45) is 7.35. The molecule has 18 heavy (non-hydrogen) atoms. The molecule has 2 N–H and O–H groups in total. The summed E-state index contributed by atoms with van der Waals surface area (Å²) < 4.78 is 5.36. The van der Waals surface area contributed by atoms with Crippen molar-refractivity contribution in [2.45, 2.75) is 19.3 Å². The second-order valence-electron chi connectivity index (χ2n) is 4.92. The van der Waals surface area contributed by atoms with Crippen LogP contribution in [-0.4, -0.2) is 24.6 Å². The molecule has 1 aliphatic rings. The molecule has 2 aromatic heterocycles. The molecule has 0 saturated carbocycles. The van der Waals surface area contributed by atoms with Gasteiger partial charge in [-0.15, -0.1) is 0 Å². The summed E-state index contributed by atoms with van der Waals surface area (Å²) in [5.74, 6) is 1.74. The Kier molecular flexibility index (Phi) is 3.46. The van der Waals surface area contributed by atoms with Crippen molar-refractivity contribution in [3.63, 3.8) is 0 Å². The predicted molar refractivity (Wildman–Crippen MR) is 72.7 cm³/mol. The van der Waals surface area contributed by atoms with Gasteiger partial charge in [0.2, 0.25) is 0 Å². The van der Waals surface area contributed by atoms with E-state index < -0.39 is 0 Å². The van der Waals surface area contributed by atoms with Crippen molar-refractivity contribution < 1.29 is 4.42 Å². The molecule has 0 aliphatic carbocycles. The van der Waals surface area contributed by atoms with Gasteiger partial charge in [0.15, 0.2) is 0 Å². The van der Waals surface area contributed by atoms with Gasteiger partial charge < -0.3 is 15.1 Å². The quantitative estimate of drug-likeness (QED) is 0.869. The van der Waals surface area contributed by atoms with Gasteiger partial charge in [0, 0.05) is 12.7 Å². The van der Waals surface area contributed by atoms with Crippen LogP contribution >= 0.6 is 0 Å². The topological polar surface area (TPSA) is 50.1 Å². The maximum atomic E-state index is 5.36. The lowest BCUT2D eigenvalue weighted by Gasteiger charge is -2.22. The number of nitrogens with zero attached hydrogens (tertiary/aromatic N) is 1. The van der Waals surface area contributed by atoms with E-state index in [4.69, 9.17) is 4.42 Å². The molecule has 4 heteroatoms. The van der Waals surface area contributed by atoms with Crippen molar-refractivity contribution in [1.82, 2.24) is 10.3 Å². The third-order valence-electron chi connectivity index (χ3n) is 3.62. The molecule has 1 saturated heterocycles. The Morgan fingerprint density at radius 3 is 3.33 bits per heavy atom. The molecule has 3 rings (SSSR count). The summed E-state index contributed by atoms with van der Waals surface area (Å²) in [4.78, 5) is 4.38. The van der Waals surface area contributed by atoms with Gasteiger partial charge in [-0.3, -0.25) is 0 Å². The van der Waals surface area contributed by atoms with Gasteiger partial charge in [-0.1, -0.05) is 0 Å². The smallest absolute Gasteiger partial charge is 0.139 e. The lowest BCUT2D eigenvalue weighted by molar-refractivity contribution is 0.364. The van der Waals surface area contributed by atoms with E-state index in [0.29, 0.717) is 0 Å². The van der Waals surface area contributed by atoms with E-state index in [2.05, 4.69) is 15.6 Å². The van der Waals surface area contributed by atoms with E-state index in [9.17, 15) is 0 Å². The van der Waals surface area contributed by atoms with Crippen LogP contribution in [0.25, 0.3) is 11.0 Å². The van der Waals surface area contributed by atoms with Crippen LogP contribution in [0.4, 0.5) is 5.82 Å². The minimum Gasteiger partial charge on any atom is -0.464 e. The fourth-order valence-corrected chi connectivity index (χ4v) is 2.60. The first-order valence-electron chi connectivity index (χ1n) is 6.70. The van der Waals surface area contributed by atoms with Crippen molar-refractivity contribution in [3.05, 3.63) is 24.6 Å². The second-order valence-corrected chi connectivity index (χ2v) is 4.92. The van der Waals surface area contributed by atoms with Crippen LogP contribution in [-0.2, 0) is 0 Å². The van der Waals surface area contributed by atoms with Crippen molar-refractivity contribution in [2.75, 3.05) is 25.0 Å². The Labute approximate surface area is 107 Å². The molecule has 0 radical (unpaired) electrons. The second kappa shape index (κ2) is 5.40. The van der Waals surface area contributed by atoms with E-state index in [0.717, 1.165) is 35.8 Å². The van der Waals surface area contributed by atoms with Gasteiger partial charge in [0.1, 0.15) is 11.4 Å². The van der Waals surface area contributed by atoms with E-state index >= 15 is 0 Å². The standard InChI is InChI=1S/C14H19N3O/c1-2-11(10-15-6-1)3-7-16-14-12-5-9-18-13(12)4-8-17-14/h4-5,8-9,11,15H,1-3,6-7,10H2,(H,16,17). The zero-order chi connectivity index (χ0) is 12.2. The van der Waals surface area contributed by atoms with E-state index in [1.54, 1.807) is 12.5 Å². The highest BCUT2D eigenvalue weighted by Crippen LogP contribution is 2.22. The number of hydrogen-bond acceptors (Lipinski definition) is 4. The van der Waals surface area contributed by atoms with Crippen LogP contribution < -0.4 is 10.6 Å². The van der Waals surface area contributed by atoms with Crippen LogP contribution in [0.2, 0.25) is 0 Å². The molecule has 3 heterocycles. The third-order valence-corrected chi connectivity index (χ3v) is 3.62. The van der Waals surface area contributed by atoms with Gasteiger partial charge in [-0.2, -0.15) is 0 Å². The van der Waals surface area contributed by atoms with Gasteiger partial charge in [0.25, 0.3) is 0 Å². The largest absolute Gasteiger partial charge is 0.464 e. The SMILES string of the molecule is c1cc2occc2c(NCCC2CCCNC2)n1. The van der Waals surface area contributed by atoms with Crippen LogP contribution in [0, 0.1) is 5.92 Å². The monoisotopic (exact) mass is 245 g/mol. The molecule has 0 aromatic carbocycles. The summed E-state index contributed by atoms with van der Waals surface area (Å²) in [6, 6.07) is 3.86. The Bertz CT molecular complexity index is 502. The Morgan fingerprint density at radius 2 is 2.44 bits per heavy atom. The number of anilines is 1. The molecule has 1 fully saturated rings. The zero-order valence-corrected chi connectivity index (χ0v) is 10.5. The summed E-state index contributed by atoms with van der Waals surface area (Å²) >= 11 is 0. The first-order valence-corrected chi connectivity index (χ1v) is 6.70. The summed E-state index contributed by atoms with van der Waals surface area (Å²) in [6.45, 7) is 3.31. The number of hydrogen-bond donors (Lipinski definition) is 2. The lowest BCUT2D eigenvalue weighted by Crippen LogP contribution is -2.30. The Balaban J connectivity index is 1.57. The van der Waals surface area contributed by atoms with E-state index in [-0.39, 0.29) is 0 Å². The first-order chi connectivity index (χ1) is 8.93. The number of fused-ring (bicyclic) bond motifs is 1. The fraction of sp³-hybridized carbons (Fsp3) is 0.500. The maximum Gasteiger partial charge on any atom is 0.139 e. The van der Waals surface area contributed by atoms with Crippen molar-refractivity contribution in [1.29, 1.82) is 0 Å². The zero-order valence-electron chi connectivity index (χ0n) is 10.5. The molecule has 0 bridgehead atoms. The summed E-state index contributed by atoms with van der Waals surface area (Å²) in [7, 11) is 0. The third kappa shape index (κ3) is 2.48. The van der Waals surface area contributed by atoms with Crippen molar-refractivity contribution >= 4 is 16.8 Å². The molecular weight excluding hydrogens is 226 g/mol. The minimum atomic E-state index is 0.801. The average molecular weight is 245 g/mol. The fourth-order valence-electron chi connectivity index (χ4n) is 2.60. The van der Waals surface area contributed by atoms with Crippen LogP contribution in [0.3, 0.4) is 0 Å². The minimum absolute atomic E-state index is 0.801. The van der Waals surface area contributed by atoms with Gasteiger partial charge in [-0.05, 0) is 50.4 Å². The number of furan rings is 1. The summed E-state index contributed by atoms with van der Waals surface area (Å²) in [5, 5.41) is 7.94. The van der Waals surface area contributed by atoms with Gasteiger partial charge in [-0.25, -0.2) is 4.98 Å². The first kappa shape index (κ1) is 11.5. The Morgan fingerprint density at radius 1 is 1.44 bits per heavy atom. The number of piperidine rings is 1. The van der Waals surface area contributed by atoms with E-state index in [1.165, 1.54) is 25.8 Å². The molecule has 1 unspecified atom stereocenters. The molecule has 4 nitrogen and oxygen atoms in total. The normalized spacial score (nSPS) is 20.1. The molecule has 96 valence electrons. The summed E-state index contributed by atoms with van der Waals surface area (Å²) in [5.41, 5.74) is 0.895. The van der Waals surface area contributed by atoms with Crippen molar-refractivity contribution in [3.8, 4) is 0 Å². The predicted octanol–water partition coefficient (Wildman–Crippen LogP) is 2.63. The number of aromatic nitrogens is 1. The Hall–Kier alpha value is -1.55. The molecule has 0 spiro atoms. The van der Waals surface area contributed by atoms with E-state index in [1.807, 2.05) is 12.1 Å². The number of pyridine rings is 1. The molecule has 0 amide bonds. The van der Waals surface area contributed by atoms with Crippen molar-refractivity contribution in [2.24, 2.45) is 5.92 Å². The lowest BCUT2D eigenvalue weighted by atomic mass is 9.96. The molecular formula is C14H19N3O. The number of nitrogens with one attached hydrogen (secondary N) is 2. The molecule has 2 aromatic rings. The van der Waals surface area contributed by atoms with Crippen LogP contribution in [0.1, 0.15) is 19.3 Å². The van der Waals surface area contributed by atoms with Crippen LogP contribution in [0.5, 0.6) is 0 Å². The number of rotatable bonds is 4. The highest BCUT2D eigenvalue weighted by molar-refractivity contribution is 5.87. The highest BCUT2D eigenvalue weighted by Gasteiger charge is 2.12. The average Bonchev–Trinajstić information content (AvgIpc) is 2.89. The molecule has 1 atom stereocenters. The van der Waals surface area contributed by atoms with Gasteiger partial charge in [0.05, 0.1) is 11.6 Å². The molecule has 1 aliphatic heterocycles. The highest BCUT2D eigenvalue weighted by atomic mass is 16.3. The van der Waals surface area contributed by atoms with Crippen LogP contribution in [0.15, 0.2) is 29.0 Å².